The molecule has 0 radical (unpaired) electrons. The fourth-order valence-electron chi connectivity index (χ4n) is 3.59. The van der Waals surface area contributed by atoms with Crippen molar-refractivity contribution in [2.75, 3.05) is 138 Å². The summed E-state index contributed by atoms with van der Waals surface area (Å²) < 4.78 is 60.5. The summed E-state index contributed by atoms with van der Waals surface area (Å²) in [6, 6.07) is 0. The molecule has 1 atom stereocenters. The number of unbranched alkanes of at least 4 members (excludes halogenated alkanes) is 3. The van der Waals surface area contributed by atoms with Crippen molar-refractivity contribution in [3.05, 3.63) is 0 Å². The molecule has 1 unspecified atom stereocenters. The third-order valence-electron chi connectivity index (χ3n) is 5.82. The van der Waals surface area contributed by atoms with Crippen LogP contribution in [-0.2, 0) is 52.1 Å². The fourth-order valence-corrected chi connectivity index (χ4v) is 3.78. The summed E-state index contributed by atoms with van der Waals surface area (Å²) in [4.78, 5) is 0. The molecule has 0 aliphatic carbocycles. The molecule has 12 heteroatoms. The van der Waals surface area contributed by atoms with Crippen LogP contribution in [0, 0.1) is 0 Å². The first-order valence-electron chi connectivity index (χ1n) is 15.4. The smallest absolute Gasteiger partial charge is 0.157 e. The van der Waals surface area contributed by atoms with E-state index in [1.54, 1.807) is 0 Å². The number of ether oxygens (including phenoxy) is 11. The lowest BCUT2D eigenvalue weighted by atomic mass is 10.2. The Hall–Kier alpha value is -0.150. The predicted octanol–water partition coefficient (Wildman–Crippen LogP) is 3.48. The van der Waals surface area contributed by atoms with E-state index >= 15 is 0 Å². The predicted molar refractivity (Wildman–Crippen MR) is 156 cm³/mol. The maximum atomic E-state index is 5.65. The van der Waals surface area contributed by atoms with Gasteiger partial charge in [-0.05, 0) is 32.1 Å². The molecule has 1 heterocycles. The molecule has 1 aliphatic heterocycles. The van der Waals surface area contributed by atoms with E-state index in [-0.39, 0.29) is 6.29 Å². The molecule has 41 heavy (non-hydrogen) atoms. The zero-order chi connectivity index (χ0) is 29.2. The van der Waals surface area contributed by atoms with Crippen molar-refractivity contribution in [2.24, 2.45) is 0 Å². The molecule has 0 amide bonds. The molecule has 0 N–H and O–H groups in total. The van der Waals surface area contributed by atoms with Gasteiger partial charge in [0.1, 0.15) is 0 Å². The lowest BCUT2D eigenvalue weighted by molar-refractivity contribution is -0.169. The summed E-state index contributed by atoms with van der Waals surface area (Å²) in [5, 5.41) is 0. The molecule has 1 rings (SSSR count). The Morgan fingerprint density at radius 2 is 0.780 bits per heavy atom. The van der Waals surface area contributed by atoms with Crippen molar-refractivity contribution >= 4 is 11.6 Å². The van der Waals surface area contributed by atoms with Crippen LogP contribution in [0.2, 0.25) is 0 Å². The molecule has 1 fully saturated rings. The van der Waals surface area contributed by atoms with Gasteiger partial charge in [0.2, 0.25) is 0 Å². The van der Waals surface area contributed by atoms with E-state index < -0.39 is 0 Å². The molecule has 246 valence electrons. The summed E-state index contributed by atoms with van der Waals surface area (Å²) in [5.74, 6) is 0.746. The largest absolute Gasteiger partial charge is 0.379 e. The van der Waals surface area contributed by atoms with Gasteiger partial charge in [0.15, 0.2) is 6.29 Å². The van der Waals surface area contributed by atoms with Gasteiger partial charge in [0.25, 0.3) is 0 Å². The highest BCUT2D eigenvalue weighted by Gasteiger charge is 2.13. The molecule has 0 bridgehead atoms. The van der Waals surface area contributed by atoms with Crippen LogP contribution < -0.4 is 0 Å². The van der Waals surface area contributed by atoms with Gasteiger partial charge in [-0.15, -0.1) is 11.6 Å². The highest BCUT2D eigenvalue weighted by atomic mass is 35.5. The van der Waals surface area contributed by atoms with Crippen LogP contribution in [0.1, 0.15) is 44.9 Å². The van der Waals surface area contributed by atoms with Gasteiger partial charge in [-0.25, -0.2) is 0 Å². The van der Waals surface area contributed by atoms with Crippen molar-refractivity contribution in [1.29, 1.82) is 0 Å². The highest BCUT2D eigenvalue weighted by Crippen LogP contribution is 2.13. The number of hydrogen-bond acceptors (Lipinski definition) is 11. The Morgan fingerprint density at radius 1 is 0.415 bits per heavy atom. The maximum absolute atomic E-state index is 5.65. The lowest BCUT2D eigenvalue weighted by Gasteiger charge is -2.22. The minimum atomic E-state index is -0.0614. The van der Waals surface area contributed by atoms with Crippen LogP contribution in [0.5, 0.6) is 0 Å². The molecule has 0 aromatic heterocycles. The number of rotatable bonds is 34. The average molecular weight is 617 g/mol. The van der Waals surface area contributed by atoms with E-state index in [1.807, 2.05) is 0 Å². The van der Waals surface area contributed by atoms with E-state index in [0.717, 1.165) is 44.8 Å². The molecule has 0 spiro atoms. The van der Waals surface area contributed by atoms with Crippen LogP contribution in [0.3, 0.4) is 0 Å². The number of hydrogen-bond donors (Lipinski definition) is 0. The molecular formula is C29H57ClO11. The highest BCUT2D eigenvalue weighted by molar-refractivity contribution is 6.17. The van der Waals surface area contributed by atoms with Crippen molar-refractivity contribution in [1.82, 2.24) is 0 Å². The topological polar surface area (TPSA) is 102 Å². The summed E-state index contributed by atoms with van der Waals surface area (Å²) in [7, 11) is 0. The maximum Gasteiger partial charge on any atom is 0.157 e. The number of halogens is 1. The van der Waals surface area contributed by atoms with E-state index in [1.165, 1.54) is 19.3 Å². The van der Waals surface area contributed by atoms with E-state index in [0.29, 0.717) is 119 Å². The first-order valence-corrected chi connectivity index (χ1v) is 16.0. The van der Waals surface area contributed by atoms with Crippen LogP contribution in [0.25, 0.3) is 0 Å². The van der Waals surface area contributed by atoms with E-state index in [2.05, 4.69) is 0 Å². The quantitative estimate of drug-likeness (QED) is 0.0784. The first-order chi connectivity index (χ1) is 20.4. The van der Waals surface area contributed by atoms with Crippen LogP contribution in [0.15, 0.2) is 0 Å². The second-order valence-electron chi connectivity index (χ2n) is 9.28. The average Bonchev–Trinajstić information content (AvgIpc) is 3.00. The lowest BCUT2D eigenvalue weighted by Crippen LogP contribution is -2.24. The minimum absolute atomic E-state index is 0.0614. The molecule has 0 saturated carbocycles. The van der Waals surface area contributed by atoms with Crippen LogP contribution in [-0.4, -0.2) is 144 Å². The van der Waals surface area contributed by atoms with Crippen molar-refractivity contribution in [3.8, 4) is 0 Å². The summed E-state index contributed by atoms with van der Waals surface area (Å²) in [6.07, 6.45) is 7.72. The summed E-state index contributed by atoms with van der Waals surface area (Å²) >= 11 is 5.65. The second-order valence-corrected chi connectivity index (χ2v) is 9.66. The molecule has 1 saturated heterocycles. The SMILES string of the molecule is ClCCCCCCOCCOCCOCCOCCOCCOCCOCCOCCOCCOC1CCCCO1. The van der Waals surface area contributed by atoms with Crippen molar-refractivity contribution < 1.29 is 52.1 Å². The molecule has 0 aromatic carbocycles. The number of alkyl halides is 1. The fraction of sp³-hybridized carbons (Fsp3) is 1.00. The molecule has 1 aliphatic rings. The van der Waals surface area contributed by atoms with Gasteiger partial charge < -0.3 is 52.1 Å². The van der Waals surface area contributed by atoms with Crippen molar-refractivity contribution in [2.45, 2.75) is 51.2 Å². The van der Waals surface area contributed by atoms with E-state index in [4.69, 9.17) is 63.7 Å². The third kappa shape index (κ3) is 31.1. The molecule has 0 aromatic rings. The Balaban J connectivity index is 1.60. The van der Waals surface area contributed by atoms with Crippen LogP contribution in [0.4, 0.5) is 0 Å². The zero-order valence-electron chi connectivity index (χ0n) is 25.2. The second kappa shape index (κ2) is 34.3. The van der Waals surface area contributed by atoms with Crippen molar-refractivity contribution in [3.63, 3.8) is 0 Å². The van der Waals surface area contributed by atoms with E-state index in [9.17, 15) is 0 Å². The van der Waals surface area contributed by atoms with Gasteiger partial charge in [-0.2, -0.15) is 0 Å². The third-order valence-corrected chi connectivity index (χ3v) is 6.08. The minimum Gasteiger partial charge on any atom is -0.379 e. The summed E-state index contributed by atoms with van der Waals surface area (Å²) in [5.41, 5.74) is 0. The monoisotopic (exact) mass is 616 g/mol. The Bertz CT molecular complexity index is 488. The zero-order valence-corrected chi connectivity index (χ0v) is 26.0. The Morgan fingerprint density at radius 3 is 1.15 bits per heavy atom. The Labute approximate surface area is 253 Å². The standard InChI is InChI=1S/C29H57ClO11/c30-8-4-1-2-5-9-31-11-12-32-13-14-33-15-16-34-17-18-35-19-20-36-21-22-37-23-24-38-25-26-39-27-28-41-29-7-3-6-10-40-29/h29H,1-28H2. The van der Waals surface area contributed by atoms with Gasteiger partial charge in [-0.1, -0.05) is 12.8 Å². The van der Waals surface area contributed by atoms with Crippen LogP contribution >= 0.6 is 11.6 Å². The van der Waals surface area contributed by atoms with Gasteiger partial charge >= 0.3 is 0 Å². The molecule has 11 nitrogen and oxygen atoms in total. The van der Waals surface area contributed by atoms with Gasteiger partial charge in [-0.3, -0.25) is 0 Å². The summed E-state index contributed by atoms with van der Waals surface area (Å²) in [6.45, 7) is 11.4. The first kappa shape index (κ1) is 38.9. The van der Waals surface area contributed by atoms with Gasteiger partial charge in [0, 0.05) is 19.1 Å². The Kier molecular flexibility index (Phi) is 32.6. The molecular weight excluding hydrogens is 560 g/mol. The normalized spacial score (nSPS) is 15.6. The van der Waals surface area contributed by atoms with Gasteiger partial charge in [0.05, 0.1) is 119 Å².